The Morgan fingerprint density at radius 3 is 2.35 bits per heavy atom. The third-order valence-electron chi connectivity index (χ3n) is 2.32. The summed E-state index contributed by atoms with van der Waals surface area (Å²) in [6, 6.07) is 4.92. The molecule has 8 heteroatoms. The van der Waals surface area contributed by atoms with Gasteiger partial charge in [-0.3, -0.25) is 0 Å². The average Bonchev–Trinajstić information content (AvgIpc) is 2.31. The summed E-state index contributed by atoms with van der Waals surface area (Å²) >= 11 is 11.3. The number of hydrogen-bond donors (Lipinski definition) is 1. The van der Waals surface area contributed by atoms with Crippen LogP contribution in [-0.2, 0) is 6.18 Å². The Morgan fingerprint density at radius 2 is 1.75 bits per heavy atom. The van der Waals surface area contributed by atoms with Gasteiger partial charge in [-0.25, -0.2) is 9.37 Å². The highest BCUT2D eigenvalue weighted by Crippen LogP contribution is 2.33. The molecule has 0 fully saturated rings. The van der Waals surface area contributed by atoms with Crippen LogP contribution in [0, 0.1) is 5.82 Å². The average molecular weight is 325 g/mol. The van der Waals surface area contributed by atoms with E-state index >= 15 is 0 Å². The molecular weight excluding hydrogens is 319 g/mol. The van der Waals surface area contributed by atoms with E-state index in [1.54, 1.807) is 0 Å². The molecule has 2 rings (SSSR count). The van der Waals surface area contributed by atoms with Gasteiger partial charge in [-0.15, -0.1) is 0 Å². The normalized spacial score (nSPS) is 11.5. The zero-order valence-corrected chi connectivity index (χ0v) is 11.1. The van der Waals surface area contributed by atoms with Crippen molar-refractivity contribution in [2.24, 2.45) is 0 Å². The van der Waals surface area contributed by atoms with Gasteiger partial charge < -0.3 is 5.32 Å². The van der Waals surface area contributed by atoms with Crippen LogP contribution in [0.1, 0.15) is 5.56 Å². The fraction of sp³-hybridized carbons (Fsp3) is 0.0833. The van der Waals surface area contributed by atoms with Crippen molar-refractivity contribution in [3.63, 3.8) is 0 Å². The summed E-state index contributed by atoms with van der Waals surface area (Å²) in [5, 5.41) is 2.25. The lowest BCUT2D eigenvalue weighted by atomic mass is 10.2. The second-order valence-electron chi connectivity index (χ2n) is 3.81. The zero-order chi connectivity index (χ0) is 14.9. The molecule has 2 aromatic rings. The molecule has 1 aromatic heterocycles. The summed E-state index contributed by atoms with van der Waals surface area (Å²) in [4.78, 5) is 3.71. The number of rotatable bonds is 2. The van der Waals surface area contributed by atoms with Gasteiger partial charge in [0.1, 0.15) is 16.8 Å². The number of benzene rings is 1. The quantitative estimate of drug-likeness (QED) is 0.599. The maximum atomic E-state index is 12.9. The molecule has 0 saturated carbocycles. The van der Waals surface area contributed by atoms with Crippen molar-refractivity contribution in [3.8, 4) is 0 Å². The van der Waals surface area contributed by atoms with E-state index in [0.717, 1.165) is 18.2 Å². The molecule has 0 aliphatic heterocycles. The first kappa shape index (κ1) is 14.9. The van der Waals surface area contributed by atoms with Gasteiger partial charge >= 0.3 is 6.18 Å². The molecule has 0 saturated heterocycles. The van der Waals surface area contributed by atoms with Gasteiger partial charge in [0.15, 0.2) is 0 Å². The second-order valence-corrected chi connectivity index (χ2v) is 4.61. The van der Waals surface area contributed by atoms with Crippen molar-refractivity contribution >= 4 is 34.7 Å². The van der Waals surface area contributed by atoms with Crippen LogP contribution < -0.4 is 5.32 Å². The van der Waals surface area contributed by atoms with Gasteiger partial charge in [-0.2, -0.15) is 13.2 Å². The van der Waals surface area contributed by atoms with Crippen LogP contribution in [0.15, 0.2) is 30.3 Å². The lowest BCUT2D eigenvalue weighted by Gasteiger charge is -2.11. The van der Waals surface area contributed by atoms with Crippen LogP contribution in [0.3, 0.4) is 0 Å². The smallest absolute Gasteiger partial charge is 0.339 e. The van der Waals surface area contributed by atoms with Gasteiger partial charge in [0, 0.05) is 0 Å². The highest BCUT2D eigenvalue weighted by molar-refractivity contribution is 6.33. The fourth-order valence-electron chi connectivity index (χ4n) is 1.45. The molecule has 2 nitrogen and oxygen atoms in total. The molecule has 0 unspecified atom stereocenters. The number of aromatic nitrogens is 1. The minimum Gasteiger partial charge on any atom is -0.339 e. The van der Waals surface area contributed by atoms with Crippen LogP contribution in [0.4, 0.5) is 29.1 Å². The van der Waals surface area contributed by atoms with Gasteiger partial charge in [-0.1, -0.05) is 23.2 Å². The van der Waals surface area contributed by atoms with Crippen molar-refractivity contribution in [1.82, 2.24) is 4.98 Å². The van der Waals surface area contributed by atoms with E-state index in [-0.39, 0.29) is 21.7 Å². The second kappa shape index (κ2) is 5.46. The first-order chi connectivity index (χ1) is 9.25. The topological polar surface area (TPSA) is 24.9 Å². The lowest BCUT2D eigenvalue weighted by molar-refractivity contribution is -0.137. The summed E-state index contributed by atoms with van der Waals surface area (Å²) in [5.41, 5.74) is -0.728. The highest BCUT2D eigenvalue weighted by Gasteiger charge is 2.31. The number of alkyl halides is 3. The van der Waals surface area contributed by atoms with Crippen molar-refractivity contribution in [2.75, 3.05) is 5.32 Å². The largest absolute Gasteiger partial charge is 0.416 e. The van der Waals surface area contributed by atoms with Crippen molar-refractivity contribution in [2.45, 2.75) is 6.18 Å². The zero-order valence-electron chi connectivity index (χ0n) is 9.60. The molecule has 0 radical (unpaired) electrons. The summed E-state index contributed by atoms with van der Waals surface area (Å²) < 4.78 is 50.8. The summed E-state index contributed by atoms with van der Waals surface area (Å²) in [6.07, 6.45) is -4.55. The first-order valence-corrected chi connectivity index (χ1v) is 5.98. The predicted molar refractivity (Wildman–Crippen MR) is 68.9 cm³/mol. The number of nitrogens with zero attached hydrogens (tertiary/aromatic N) is 1. The van der Waals surface area contributed by atoms with Crippen molar-refractivity contribution < 1.29 is 17.6 Å². The Balaban J connectivity index is 2.36. The van der Waals surface area contributed by atoms with E-state index in [9.17, 15) is 17.6 Å². The predicted octanol–water partition coefficient (Wildman–Crippen LogP) is 5.29. The van der Waals surface area contributed by atoms with E-state index < -0.39 is 17.6 Å². The van der Waals surface area contributed by atoms with Crippen molar-refractivity contribution in [1.29, 1.82) is 0 Å². The molecule has 1 N–H and O–H groups in total. The number of nitrogens with one attached hydrogen (secondary N) is 1. The highest BCUT2D eigenvalue weighted by atomic mass is 35.5. The van der Waals surface area contributed by atoms with Crippen LogP contribution >= 0.6 is 23.2 Å². The van der Waals surface area contributed by atoms with E-state index in [2.05, 4.69) is 10.3 Å². The van der Waals surface area contributed by atoms with Gasteiger partial charge in [0.25, 0.3) is 0 Å². The Labute approximate surface area is 121 Å². The van der Waals surface area contributed by atoms with E-state index in [1.165, 1.54) is 6.07 Å². The van der Waals surface area contributed by atoms with E-state index in [0.29, 0.717) is 6.07 Å². The molecule has 0 amide bonds. The van der Waals surface area contributed by atoms with Gasteiger partial charge in [0.05, 0.1) is 16.3 Å². The molecule has 20 heavy (non-hydrogen) atoms. The SMILES string of the molecule is Fc1ccc(Nc2cc(C(F)(F)F)cc(Cl)n2)c(Cl)c1. The van der Waals surface area contributed by atoms with Crippen LogP contribution in [-0.4, -0.2) is 4.98 Å². The summed E-state index contributed by atoms with van der Waals surface area (Å²) in [5.74, 6) is -0.700. The van der Waals surface area contributed by atoms with Crippen molar-refractivity contribution in [3.05, 3.63) is 51.9 Å². The van der Waals surface area contributed by atoms with Crippen LogP contribution in [0.2, 0.25) is 10.2 Å². The Kier molecular flexibility index (Phi) is 4.06. The van der Waals surface area contributed by atoms with Crippen LogP contribution in [0.25, 0.3) is 0 Å². The molecule has 0 bridgehead atoms. The monoisotopic (exact) mass is 324 g/mol. The standard InChI is InChI=1S/C12H6Cl2F4N2/c13-8-5-7(15)1-2-9(8)19-11-4-6(12(16,17)18)3-10(14)20-11/h1-5H,(H,19,20). The molecular formula is C12H6Cl2F4N2. The summed E-state index contributed by atoms with van der Waals surface area (Å²) in [7, 11) is 0. The minimum absolute atomic E-state index is 0.0142. The summed E-state index contributed by atoms with van der Waals surface area (Å²) in [6.45, 7) is 0. The molecule has 0 spiro atoms. The lowest BCUT2D eigenvalue weighted by Crippen LogP contribution is -2.07. The van der Waals surface area contributed by atoms with E-state index in [1.807, 2.05) is 0 Å². The Hall–Kier alpha value is -1.53. The van der Waals surface area contributed by atoms with Gasteiger partial charge in [-0.05, 0) is 30.3 Å². The first-order valence-electron chi connectivity index (χ1n) is 5.22. The minimum atomic E-state index is -4.55. The number of anilines is 2. The molecule has 0 aliphatic rings. The third kappa shape index (κ3) is 3.52. The van der Waals surface area contributed by atoms with Crippen LogP contribution in [0.5, 0.6) is 0 Å². The third-order valence-corrected chi connectivity index (χ3v) is 2.82. The molecule has 106 valence electrons. The van der Waals surface area contributed by atoms with Gasteiger partial charge in [0.2, 0.25) is 0 Å². The number of pyridine rings is 1. The maximum Gasteiger partial charge on any atom is 0.416 e. The maximum absolute atomic E-state index is 12.9. The molecule has 0 aliphatic carbocycles. The fourth-order valence-corrected chi connectivity index (χ4v) is 1.88. The Morgan fingerprint density at radius 1 is 1.05 bits per heavy atom. The number of hydrogen-bond acceptors (Lipinski definition) is 2. The Bertz CT molecular complexity index is 644. The molecule has 1 aromatic carbocycles. The molecule has 1 heterocycles. The number of halogens is 6. The van der Waals surface area contributed by atoms with E-state index in [4.69, 9.17) is 23.2 Å². The molecule has 0 atom stereocenters.